The molecule has 1 N–H and O–H groups in total. The monoisotopic (exact) mass is 766 g/mol. The first-order valence-electron chi connectivity index (χ1n) is 17.3. The number of ether oxygens (including phenoxy) is 5. The van der Waals surface area contributed by atoms with E-state index >= 15 is 0 Å². The van der Waals surface area contributed by atoms with Gasteiger partial charge in [0.05, 0.1) is 85.0 Å². The smallest absolute Gasteiger partial charge is 0.420 e. The van der Waals surface area contributed by atoms with Crippen molar-refractivity contribution in [2.75, 3.05) is 52.9 Å². The number of hydrogen-bond acceptors (Lipinski definition) is 9. The van der Waals surface area contributed by atoms with Gasteiger partial charge in [-0.2, -0.15) is 4.58 Å². The van der Waals surface area contributed by atoms with Crippen molar-refractivity contribution in [3.05, 3.63) is 76.7 Å². The Hall–Kier alpha value is -4.59. The van der Waals surface area contributed by atoms with E-state index in [4.69, 9.17) is 18.9 Å². The van der Waals surface area contributed by atoms with E-state index in [1.807, 2.05) is 19.1 Å². The quantitative estimate of drug-likeness (QED) is 0.0425. The summed E-state index contributed by atoms with van der Waals surface area (Å²) in [6.07, 6.45) is 8.02. The zero-order valence-corrected chi connectivity index (χ0v) is 30.2. The molecule has 2 aromatic rings. The number of carbonyl (C=O) groups excluding carboxylic acids is 2. The van der Waals surface area contributed by atoms with Gasteiger partial charge in [0.2, 0.25) is 11.7 Å². The first-order chi connectivity index (χ1) is 25.9. The number of hydrogen-bond donors (Lipinski definition) is 1. The predicted molar refractivity (Wildman–Crippen MR) is 186 cm³/mol. The van der Waals surface area contributed by atoms with Gasteiger partial charge in [0.25, 0.3) is 0 Å². The molecule has 4 rings (SSSR count). The zero-order chi connectivity index (χ0) is 39.0. The van der Waals surface area contributed by atoms with Crippen molar-refractivity contribution in [1.29, 1.82) is 0 Å². The van der Waals surface area contributed by atoms with E-state index in [-0.39, 0.29) is 45.1 Å². The normalized spacial score (nSPS) is 15.4. The number of rotatable bonds is 24. The van der Waals surface area contributed by atoms with Crippen LogP contribution in [0.15, 0.2) is 53.5 Å². The van der Waals surface area contributed by atoms with Crippen molar-refractivity contribution >= 4 is 31.7 Å². The molecule has 1 aromatic carbocycles. The molecule has 0 bridgehead atoms. The summed E-state index contributed by atoms with van der Waals surface area (Å²) in [7, 11) is -2.59. The first kappa shape index (κ1) is 42.2. The third kappa shape index (κ3) is 13.1. The van der Waals surface area contributed by atoms with Crippen LogP contribution < -0.4 is 10.1 Å². The third-order valence-electron chi connectivity index (χ3n) is 8.35. The van der Waals surface area contributed by atoms with E-state index < -0.39 is 42.6 Å². The molecule has 1 unspecified atom stereocenters. The minimum atomic E-state index is -2.59. The zero-order valence-electron chi connectivity index (χ0n) is 30.2. The van der Waals surface area contributed by atoms with Crippen molar-refractivity contribution in [2.45, 2.75) is 58.7 Å². The summed E-state index contributed by atoms with van der Waals surface area (Å²) >= 11 is 0. The van der Waals surface area contributed by atoms with Gasteiger partial charge in [-0.05, 0) is 12.5 Å². The fourth-order valence-corrected chi connectivity index (χ4v) is 5.58. The molecule has 54 heavy (non-hydrogen) atoms. The molecular formula is C35H44BF5N6O7+2. The third-order valence-corrected chi connectivity index (χ3v) is 8.35. The Labute approximate surface area is 309 Å². The van der Waals surface area contributed by atoms with Crippen LogP contribution in [0.1, 0.15) is 45.2 Å². The van der Waals surface area contributed by atoms with E-state index in [0.29, 0.717) is 76.0 Å². The number of benzene rings is 1. The lowest BCUT2D eigenvalue weighted by molar-refractivity contribution is -0.458. The van der Waals surface area contributed by atoms with Crippen LogP contribution in [-0.2, 0) is 41.6 Å². The van der Waals surface area contributed by atoms with Crippen molar-refractivity contribution in [3.63, 3.8) is 0 Å². The maximum atomic E-state index is 13.6. The highest BCUT2D eigenvalue weighted by atomic mass is 19.2. The molecule has 3 heterocycles. The van der Waals surface area contributed by atoms with Gasteiger partial charge >= 0.3 is 13.4 Å². The summed E-state index contributed by atoms with van der Waals surface area (Å²) in [5, 5.41) is 11.0. The molecule has 292 valence electrons. The van der Waals surface area contributed by atoms with E-state index in [1.54, 1.807) is 28.5 Å². The lowest BCUT2D eigenvalue weighted by Crippen LogP contribution is -2.35. The number of amides is 1. The van der Waals surface area contributed by atoms with Gasteiger partial charge in [0.1, 0.15) is 18.2 Å². The SMILES string of the molecule is C=[N+]1C(CCC(=O)NCc2cn(CCOCCOCCOCCOCCC(=O)Oc3c(F)cc(F)cc3F)nn2)=CC=C1CC1C(C)=CC(C)=[N+]1B(F)F. The Balaban J connectivity index is 0.954. The molecule has 19 heteroatoms. The van der Waals surface area contributed by atoms with Crippen LogP contribution in [0, 0.1) is 17.5 Å². The van der Waals surface area contributed by atoms with Gasteiger partial charge in [0.15, 0.2) is 34.8 Å². The van der Waals surface area contributed by atoms with Crippen molar-refractivity contribution in [2.24, 2.45) is 0 Å². The van der Waals surface area contributed by atoms with Gasteiger partial charge in [-0.1, -0.05) is 5.21 Å². The molecule has 1 aromatic heterocycles. The average Bonchev–Trinajstić information content (AvgIpc) is 3.80. The summed E-state index contributed by atoms with van der Waals surface area (Å²) in [6, 6.07) is 0.395. The molecule has 0 aliphatic carbocycles. The van der Waals surface area contributed by atoms with Crippen LogP contribution in [0.4, 0.5) is 21.8 Å². The van der Waals surface area contributed by atoms with E-state index in [2.05, 4.69) is 27.1 Å². The second-order valence-corrected chi connectivity index (χ2v) is 12.3. The molecule has 1 amide bonds. The summed E-state index contributed by atoms with van der Waals surface area (Å²) in [4.78, 5) is 24.2. The predicted octanol–water partition coefficient (Wildman–Crippen LogP) is 3.76. The molecule has 0 radical (unpaired) electrons. The summed E-state index contributed by atoms with van der Waals surface area (Å²) in [5.74, 6) is -5.81. The van der Waals surface area contributed by atoms with E-state index in [1.165, 1.54) is 0 Å². The molecule has 1 atom stereocenters. The largest absolute Gasteiger partial charge is 0.929 e. The van der Waals surface area contributed by atoms with E-state index in [9.17, 15) is 31.4 Å². The lowest BCUT2D eigenvalue weighted by atomic mass is 10.0. The Morgan fingerprint density at radius 1 is 0.907 bits per heavy atom. The molecule has 2 aliphatic heterocycles. The Bertz CT molecular complexity index is 1740. The molecular weight excluding hydrogens is 722 g/mol. The van der Waals surface area contributed by atoms with Gasteiger partial charge in [-0.15, -0.1) is 5.10 Å². The number of nitrogens with zero attached hydrogens (tertiary/aromatic N) is 5. The highest BCUT2D eigenvalue weighted by Crippen LogP contribution is 2.28. The van der Waals surface area contributed by atoms with Crippen LogP contribution in [0.3, 0.4) is 0 Å². The molecule has 0 saturated carbocycles. The summed E-state index contributed by atoms with van der Waals surface area (Å²) in [6.45, 7) is 10.3. The van der Waals surface area contributed by atoms with Gasteiger partial charge in [-0.3, -0.25) is 9.59 Å². The second kappa shape index (κ2) is 21.3. The van der Waals surface area contributed by atoms with Crippen molar-refractivity contribution < 1.29 is 64.1 Å². The Morgan fingerprint density at radius 2 is 1.52 bits per heavy atom. The van der Waals surface area contributed by atoms with Crippen LogP contribution in [-0.4, -0.2) is 115 Å². The fraction of sp³-hybridized carbons (Fsp3) is 0.486. The highest BCUT2D eigenvalue weighted by Gasteiger charge is 2.46. The topological polar surface area (TPSA) is 129 Å². The Kier molecular flexibility index (Phi) is 16.7. The molecule has 0 saturated heterocycles. The number of allylic oxidation sites excluding steroid dienone is 4. The maximum absolute atomic E-state index is 13.6. The van der Waals surface area contributed by atoms with Gasteiger partial charge in [0, 0.05) is 50.1 Å². The number of aromatic nitrogens is 3. The number of nitrogens with one attached hydrogen (secondary N) is 1. The number of halogens is 5. The van der Waals surface area contributed by atoms with Crippen molar-refractivity contribution in [3.8, 4) is 5.75 Å². The minimum Gasteiger partial charge on any atom is -0.420 e. The van der Waals surface area contributed by atoms with Gasteiger partial charge < -0.3 is 29.0 Å². The molecule has 2 aliphatic rings. The molecule has 0 spiro atoms. The maximum Gasteiger partial charge on any atom is 0.929 e. The molecule has 13 nitrogen and oxygen atoms in total. The Morgan fingerprint density at radius 3 is 2.17 bits per heavy atom. The van der Waals surface area contributed by atoms with Crippen LogP contribution >= 0.6 is 0 Å². The average molecular weight is 767 g/mol. The standard InChI is InChI=1S/C35H43BF5N6O7/c1-24-18-25(2)47(36(40)41)32(24)21-29-5-4-28(45(29)3)6-7-33(48)42-22-27-23-46(44-43-27)9-11-51-13-15-53-17-16-52-14-12-50-10-8-34(49)54-35-30(38)19-26(37)20-31(35)39/h4-5,18-20,23,32H,3,6-17,21-22H2,1-2H3/q+1/p+1. The van der Waals surface area contributed by atoms with Crippen LogP contribution in [0.2, 0.25) is 0 Å². The second-order valence-electron chi connectivity index (χ2n) is 12.3. The summed E-state index contributed by atoms with van der Waals surface area (Å²) < 4.78 is 97.8. The van der Waals surface area contributed by atoms with Crippen molar-refractivity contribution in [1.82, 2.24) is 20.3 Å². The summed E-state index contributed by atoms with van der Waals surface area (Å²) in [5.41, 5.74) is 3.65. The molecule has 0 fully saturated rings. The minimum absolute atomic E-state index is 0.0588. The lowest BCUT2D eigenvalue weighted by Gasteiger charge is -2.11. The van der Waals surface area contributed by atoms with Crippen LogP contribution in [0.5, 0.6) is 5.75 Å². The number of esters is 1. The number of carbonyl (C=O) groups is 2. The fourth-order valence-electron chi connectivity index (χ4n) is 5.58. The highest BCUT2D eigenvalue weighted by molar-refractivity contribution is 6.34. The van der Waals surface area contributed by atoms with Gasteiger partial charge in [-0.25, -0.2) is 31.0 Å². The van der Waals surface area contributed by atoms with E-state index in [0.717, 1.165) is 21.5 Å². The van der Waals surface area contributed by atoms with Crippen LogP contribution in [0.25, 0.3) is 0 Å². The first-order valence-corrected chi connectivity index (χ1v) is 17.3.